The maximum atomic E-state index is 12.2. The first-order valence-corrected chi connectivity index (χ1v) is 10.0. The fraction of sp³-hybridized carbons (Fsp3) is 0.526. The van der Waals surface area contributed by atoms with Gasteiger partial charge in [-0.05, 0) is 38.1 Å². The molecule has 0 atom stereocenters. The number of aromatic nitrogens is 2. The highest BCUT2D eigenvalue weighted by atomic mass is 32.1. The Kier molecular flexibility index (Phi) is 6.57. The van der Waals surface area contributed by atoms with E-state index in [1.54, 1.807) is 0 Å². The van der Waals surface area contributed by atoms with Crippen molar-refractivity contribution < 1.29 is 4.79 Å². The molecule has 140 valence electrons. The van der Waals surface area contributed by atoms with Crippen molar-refractivity contribution in [3.8, 4) is 0 Å². The Morgan fingerprint density at radius 2 is 1.88 bits per heavy atom. The van der Waals surface area contributed by atoms with Crippen molar-refractivity contribution >= 4 is 22.5 Å². The van der Waals surface area contributed by atoms with Crippen molar-refractivity contribution in [2.24, 2.45) is 0 Å². The van der Waals surface area contributed by atoms with Gasteiger partial charge in [0.15, 0.2) is 0 Å². The van der Waals surface area contributed by atoms with Crippen LogP contribution in [-0.4, -0.2) is 35.2 Å². The van der Waals surface area contributed by atoms with Crippen LogP contribution in [0.15, 0.2) is 24.3 Å². The monoisotopic (exact) mass is 373 g/mol. The molecule has 7 heteroatoms. The lowest BCUT2D eigenvalue weighted by atomic mass is 9.90. The molecule has 0 unspecified atom stereocenters. The maximum absolute atomic E-state index is 12.2. The summed E-state index contributed by atoms with van der Waals surface area (Å²) in [6.07, 6.45) is 6.21. The molecule has 1 aliphatic rings. The molecule has 6 nitrogen and oxygen atoms in total. The number of hydrogen-bond donors (Lipinski definition) is 2. The predicted molar refractivity (Wildman–Crippen MR) is 105 cm³/mol. The van der Waals surface area contributed by atoms with Crippen LogP contribution < -0.4 is 10.6 Å². The largest absolute Gasteiger partial charge is 0.334 e. The molecule has 0 radical (unpaired) electrons. The summed E-state index contributed by atoms with van der Waals surface area (Å²) in [6.45, 7) is 1.34. The lowest BCUT2D eigenvalue weighted by molar-refractivity contribution is 0.251. The lowest BCUT2D eigenvalue weighted by Crippen LogP contribution is -2.28. The molecule has 26 heavy (non-hydrogen) atoms. The molecule has 1 aliphatic carbocycles. The van der Waals surface area contributed by atoms with Gasteiger partial charge in [-0.1, -0.05) is 54.9 Å². The Hall–Kier alpha value is -1.99. The molecule has 2 aromatic rings. The van der Waals surface area contributed by atoms with Crippen LogP contribution in [0.5, 0.6) is 0 Å². The highest BCUT2D eigenvalue weighted by molar-refractivity contribution is 7.15. The van der Waals surface area contributed by atoms with Crippen LogP contribution in [0, 0.1) is 0 Å². The van der Waals surface area contributed by atoms with Gasteiger partial charge in [-0.2, -0.15) is 0 Å². The van der Waals surface area contributed by atoms with Crippen LogP contribution >= 0.6 is 11.3 Å². The first-order chi connectivity index (χ1) is 12.6. The summed E-state index contributed by atoms with van der Waals surface area (Å²) in [7, 11) is 4.08. The second kappa shape index (κ2) is 9.09. The number of anilines is 1. The molecule has 1 saturated carbocycles. The zero-order valence-electron chi connectivity index (χ0n) is 15.5. The van der Waals surface area contributed by atoms with Gasteiger partial charge in [-0.25, -0.2) is 4.79 Å². The smallest absolute Gasteiger partial charge is 0.321 e. The van der Waals surface area contributed by atoms with E-state index in [0.29, 0.717) is 17.6 Å². The average molecular weight is 374 g/mol. The van der Waals surface area contributed by atoms with E-state index >= 15 is 0 Å². The Labute approximate surface area is 159 Å². The highest BCUT2D eigenvalue weighted by Gasteiger charge is 2.20. The van der Waals surface area contributed by atoms with Crippen LogP contribution in [0.25, 0.3) is 0 Å². The number of rotatable bonds is 6. The lowest BCUT2D eigenvalue weighted by Gasteiger charge is -2.18. The molecule has 2 N–H and O–H groups in total. The van der Waals surface area contributed by atoms with Crippen molar-refractivity contribution in [2.75, 3.05) is 19.4 Å². The number of nitrogens with zero attached hydrogens (tertiary/aromatic N) is 3. The summed E-state index contributed by atoms with van der Waals surface area (Å²) in [6, 6.07) is 7.92. The van der Waals surface area contributed by atoms with E-state index in [9.17, 15) is 4.79 Å². The van der Waals surface area contributed by atoms with Crippen LogP contribution in [0.3, 0.4) is 0 Å². The summed E-state index contributed by atoms with van der Waals surface area (Å²) in [5, 5.41) is 15.8. The topological polar surface area (TPSA) is 70.2 Å². The minimum atomic E-state index is -0.240. The normalized spacial score (nSPS) is 15.2. The second-order valence-electron chi connectivity index (χ2n) is 7.09. The van der Waals surface area contributed by atoms with Gasteiger partial charge in [0.1, 0.15) is 5.01 Å². The second-order valence-corrected chi connectivity index (χ2v) is 8.10. The Morgan fingerprint density at radius 1 is 1.15 bits per heavy atom. The number of urea groups is 1. The summed E-state index contributed by atoms with van der Waals surface area (Å²) >= 11 is 1.50. The van der Waals surface area contributed by atoms with Crippen molar-refractivity contribution in [2.45, 2.75) is 51.1 Å². The van der Waals surface area contributed by atoms with E-state index in [-0.39, 0.29) is 6.03 Å². The van der Waals surface area contributed by atoms with Crippen LogP contribution in [-0.2, 0) is 13.1 Å². The molecule has 0 saturated heterocycles. The van der Waals surface area contributed by atoms with Crippen LogP contribution in [0.2, 0.25) is 0 Å². The fourth-order valence-corrected chi connectivity index (χ4v) is 4.25. The molecule has 1 heterocycles. The van der Waals surface area contributed by atoms with Gasteiger partial charge in [0.2, 0.25) is 5.13 Å². The zero-order chi connectivity index (χ0) is 18.4. The minimum Gasteiger partial charge on any atom is -0.334 e. The third kappa shape index (κ3) is 5.25. The molecule has 0 bridgehead atoms. The Bertz CT molecular complexity index is 724. The van der Waals surface area contributed by atoms with Gasteiger partial charge in [0.05, 0.1) is 0 Å². The maximum Gasteiger partial charge on any atom is 0.321 e. The zero-order valence-corrected chi connectivity index (χ0v) is 16.3. The number of nitrogens with one attached hydrogen (secondary N) is 2. The van der Waals surface area contributed by atoms with E-state index in [1.165, 1.54) is 49.0 Å². The number of hydrogen-bond acceptors (Lipinski definition) is 5. The fourth-order valence-electron chi connectivity index (χ4n) is 3.34. The van der Waals surface area contributed by atoms with Gasteiger partial charge in [-0.15, -0.1) is 10.2 Å². The first kappa shape index (κ1) is 18.8. The third-order valence-corrected chi connectivity index (χ3v) is 5.66. The number of carbonyl (C=O) groups excluding carboxylic acids is 1. The minimum absolute atomic E-state index is 0.240. The summed E-state index contributed by atoms with van der Waals surface area (Å²) in [5.74, 6) is 0.512. The van der Waals surface area contributed by atoms with E-state index in [4.69, 9.17) is 0 Å². The molecule has 0 aliphatic heterocycles. The van der Waals surface area contributed by atoms with E-state index in [0.717, 1.165) is 17.1 Å². The summed E-state index contributed by atoms with van der Waals surface area (Å²) in [4.78, 5) is 14.3. The van der Waals surface area contributed by atoms with Gasteiger partial charge < -0.3 is 10.2 Å². The van der Waals surface area contributed by atoms with Gasteiger partial charge >= 0.3 is 6.03 Å². The molecular formula is C19H27N5OS. The Balaban J connectivity index is 1.52. The highest BCUT2D eigenvalue weighted by Crippen LogP contribution is 2.35. The van der Waals surface area contributed by atoms with Crippen molar-refractivity contribution in [3.63, 3.8) is 0 Å². The molecule has 0 spiro atoms. The third-order valence-electron chi connectivity index (χ3n) is 4.66. The van der Waals surface area contributed by atoms with Gasteiger partial charge in [0, 0.05) is 19.0 Å². The first-order valence-electron chi connectivity index (χ1n) is 9.21. The summed E-state index contributed by atoms with van der Waals surface area (Å²) < 4.78 is 0. The van der Waals surface area contributed by atoms with Crippen LogP contribution in [0.4, 0.5) is 9.93 Å². The average Bonchev–Trinajstić information content (AvgIpc) is 3.10. The number of carbonyl (C=O) groups is 1. The van der Waals surface area contributed by atoms with Crippen LogP contribution in [0.1, 0.15) is 54.2 Å². The molecule has 3 rings (SSSR count). The van der Waals surface area contributed by atoms with E-state index in [1.807, 2.05) is 32.3 Å². The van der Waals surface area contributed by atoms with Crippen molar-refractivity contribution in [1.29, 1.82) is 0 Å². The summed E-state index contributed by atoms with van der Waals surface area (Å²) in [5.41, 5.74) is 2.34. The van der Waals surface area contributed by atoms with Gasteiger partial charge in [0.25, 0.3) is 0 Å². The standard InChI is InChI=1S/C19H27N5OS/c1-24(2)13-16-11-7-6-10-15(16)12-20-18(25)21-19-23-22-17(26-19)14-8-4-3-5-9-14/h6-7,10-11,14H,3-5,8-9,12-13H2,1-2H3,(H2,20,21,23,25). The quantitative estimate of drug-likeness (QED) is 0.804. The number of benzene rings is 1. The molecule has 2 amide bonds. The van der Waals surface area contributed by atoms with E-state index < -0.39 is 0 Å². The predicted octanol–water partition coefficient (Wildman–Crippen LogP) is 3.97. The van der Waals surface area contributed by atoms with Gasteiger partial charge in [-0.3, -0.25) is 5.32 Å². The molecule has 1 aromatic heterocycles. The number of amides is 2. The molecule has 1 fully saturated rings. The SMILES string of the molecule is CN(C)Cc1ccccc1CNC(=O)Nc1nnc(C2CCCCC2)s1. The van der Waals surface area contributed by atoms with Crippen molar-refractivity contribution in [1.82, 2.24) is 20.4 Å². The Morgan fingerprint density at radius 3 is 2.62 bits per heavy atom. The molecular weight excluding hydrogens is 346 g/mol. The van der Waals surface area contributed by atoms with E-state index in [2.05, 4.69) is 31.8 Å². The molecule has 1 aromatic carbocycles. The van der Waals surface area contributed by atoms with Crippen molar-refractivity contribution in [3.05, 3.63) is 40.4 Å².